The molecule has 0 aromatic rings. The van der Waals surface area contributed by atoms with Crippen LogP contribution in [0.4, 0.5) is 0 Å². The molecular weight excluding hydrogens is 298 g/mol. The maximum absolute atomic E-state index is 12.1. The minimum Gasteiger partial charge on any atom is -0.481 e. The molecule has 1 unspecified atom stereocenters. The number of hydrogen-bond acceptors (Lipinski definition) is 5. The maximum atomic E-state index is 12.1. The van der Waals surface area contributed by atoms with Crippen LogP contribution in [0.1, 0.15) is 32.6 Å². The van der Waals surface area contributed by atoms with Crippen molar-refractivity contribution in [3.63, 3.8) is 0 Å². The molecular formula is C13H23NO6S. The van der Waals surface area contributed by atoms with Crippen molar-refractivity contribution in [2.45, 2.75) is 38.1 Å². The number of ether oxygens (including phenoxy) is 1. The maximum Gasteiger partial charge on any atom is 0.305 e. The van der Waals surface area contributed by atoms with Crippen LogP contribution in [0.3, 0.4) is 0 Å². The average Bonchev–Trinajstić information content (AvgIpc) is 2.91. The zero-order valence-corrected chi connectivity index (χ0v) is 13.5. The van der Waals surface area contributed by atoms with Gasteiger partial charge in [0.1, 0.15) is 9.84 Å². The average molecular weight is 321 g/mol. The number of aliphatic carboxylic acids is 1. The van der Waals surface area contributed by atoms with Crippen molar-refractivity contribution in [1.82, 2.24) is 5.32 Å². The molecule has 1 saturated carbocycles. The van der Waals surface area contributed by atoms with Gasteiger partial charge in [0.05, 0.1) is 24.3 Å². The zero-order valence-electron chi connectivity index (χ0n) is 12.6. The standard InChI is InChI=1S/C13H23NO6S/c1-12(8-20-2,7-11(16)17)14-10(15)6-13(4-5-13)9-21(3,18)19/h4-9H2,1-3H3,(H,14,15)(H,16,17). The van der Waals surface area contributed by atoms with Crippen LogP contribution in [0.5, 0.6) is 0 Å². The molecule has 1 fully saturated rings. The highest BCUT2D eigenvalue weighted by atomic mass is 32.2. The summed E-state index contributed by atoms with van der Waals surface area (Å²) in [4.78, 5) is 23.0. The lowest BCUT2D eigenvalue weighted by Crippen LogP contribution is -2.51. The van der Waals surface area contributed by atoms with Crippen molar-refractivity contribution in [2.24, 2.45) is 5.41 Å². The van der Waals surface area contributed by atoms with Crippen LogP contribution in [0.15, 0.2) is 0 Å². The van der Waals surface area contributed by atoms with Crippen LogP contribution in [0, 0.1) is 5.41 Å². The van der Waals surface area contributed by atoms with Crippen molar-refractivity contribution in [3.05, 3.63) is 0 Å². The molecule has 8 heteroatoms. The summed E-state index contributed by atoms with van der Waals surface area (Å²) in [6, 6.07) is 0. The molecule has 122 valence electrons. The molecule has 1 rings (SSSR count). The van der Waals surface area contributed by atoms with E-state index in [4.69, 9.17) is 9.84 Å². The number of carbonyl (C=O) groups is 2. The SMILES string of the molecule is COCC(C)(CC(=O)O)NC(=O)CC1(CS(C)(=O)=O)CC1. The third kappa shape index (κ3) is 6.43. The van der Waals surface area contributed by atoms with Crippen LogP contribution in [0.2, 0.25) is 0 Å². The highest BCUT2D eigenvalue weighted by Gasteiger charge is 2.47. The molecule has 0 saturated heterocycles. The van der Waals surface area contributed by atoms with Gasteiger partial charge in [0.15, 0.2) is 0 Å². The fraction of sp³-hybridized carbons (Fsp3) is 0.846. The minimum atomic E-state index is -3.14. The molecule has 7 nitrogen and oxygen atoms in total. The Morgan fingerprint density at radius 2 is 1.95 bits per heavy atom. The molecule has 0 aromatic heterocycles. The van der Waals surface area contributed by atoms with E-state index in [2.05, 4.69) is 5.32 Å². The molecule has 1 aliphatic rings. The van der Waals surface area contributed by atoms with Crippen LogP contribution in [0.25, 0.3) is 0 Å². The molecule has 0 radical (unpaired) electrons. The number of rotatable bonds is 9. The van der Waals surface area contributed by atoms with Gasteiger partial charge in [-0.05, 0) is 25.2 Å². The predicted molar refractivity (Wildman–Crippen MR) is 76.7 cm³/mol. The van der Waals surface area contributed by atoms with Gasteiger partial charge in [0.25, 0.3) is 0 Å². The number of amides is 1. The van der Waals surface area contributed by atoms with Gasteiger partial charge in [-0.2, -0.15) is 0 Å². The Morgan fingerprint density at radius 3 is 2.33 bits per heavy atom. The number of nitrogens with one attached hydrogen (secondary N) is 1. The predicted octanol–water partition coefficient (Wildman–Crippen LogP) is 0.197. The summed E-state index contributed by atoms with van der Waals surface area (Å²) in [5.41, 5.74) is -1.48. The summed E-state index contributed by atoms with van der Waals surface area (Å²) >= 11 is 0. The third-order valence-corrected chi connectivity index (χ3v) is 4.64. The number of carboxylic acids is 1. The number of carboxylic acid groups (broad SMARTS) is 1. The quantitative estimate of drug-likeness (QED) is 0.627. The number of hydrogen-bond donors (Lipinski definition) is 2. The Kier molecular flexibility index (Phi) is 5.38. The molecule has 21 heavy (non-hydrogen) atoms. The van der Waals surface area contributed by atoms with Crippen molar-refractivity contribution < 1.29 is 27.9 Å². The molecule has 1 atom stereocenters. The number of sulfone groups is 1. The summed E-state index contributed by atoms with van der Waals surface area (Å²) in [5, 5.41) is 11.6. The highest BCUT2D eigenvalue weighted by Crippen LogP contribution is 2.49. The van der Waals surface area contributed by atoms with Crippen LogP contribution in [-0.4, -0.2) is 56.7 Å². The molecule has 1 amide bonds. The summed E-state index contributed by atoms with van der Waals surface area (Å²) in [6.45, 7) is 1.67. The van der Waals surface area contributed by atoms with Gasteiger partial charge < -0.3 is 15.2 Å². The fourth-order valence-corrected chi connectivity index (χ4v) is 4.11. The first kappa shape index (κ1) is 17.9. The second-order valence-electron chi connectivity index (χ2n) is 6.36. The van der Waals surface area contributed by atoms with Gasteiger partial charge >= 0.3 is 5.97 Å². The second kappa shape index (κ2) is 6.31. The Bertz CT molecular complexity index is 511. The van der Waals surface area contributed by atoms with Crippen LogP contribution < -0.4 is 5.32 Å². The van der Waals surface area contributed by atoms with Gasteiger partial charge in [-0.25, -0.2) is 8.42 Å². The van der Waals surface area contributed by atoms with E-state index in [9.17, 15) is 18.0 Å². The van der Waals surface area contributed by atoms with Gasteiger partial charge in [-0.3, -0.25) is 9.59 Å². The minimum absolute atomic E-state index is 0.00660. The van der Waals surface area contributed by atoms with Gasteiger partial charge in [-0.15, -0.1) is 0 Å². The summed E-state index contributed by atoms with van der Waals surface area (Å²) in [5.74, 6) is -1.38. The Labute approximate surface area is 125 Å². The van der Waals surface area contributed by atoms with Gasteiger partial charge in [0, 0.05) is 19.8 Å². The molecule has 0 aliphatic heterocycles. The van der Waals surface area contributed by atoms with E-state index in [-0.39, 0.29) is 31.1 Å². The van der Waals surface area contributed by atoms with Crippen molar-refractivity contribution in [2.75, 3.05) is 25.7 Å². The smallest absolute Gasteiger partial charge is 0.305 e. The van der Waals surface area contributed by atoms with E-state index >= 15 is 0 Å². The first-order chi connectivity index (χ1) is 9.49. The topological polar surface area (TPSA) is 110 Å². The van der Waals surface area contributed by atoms with Gasteiger partial charge in [0.2, 0.25) is 5.91 Å². The van der Waals surface area contributed by atoms with E-state index in [1.807, 2.05) is 0 Å². The van der Waals surface area contributed by atoms with E-state index in [1.54, 1.807) is 6.92 Å². The monoisotopic (exact) mass is 321 g/mol. The second-order valence-corrected chi connectivity index (χ2v) is 8.50. The normalized spacial score (nSPS) is 19.6. The summed E-state index contributed by atoms with van der Waals surface area (Å²) in [7, 11) is -1.71. The molecule has 0 aromatic carbocycles. The Balaban J connectivity index is 2.64. The molecule has 2 N–H and O–H groups in total. The van der Waals surface area contributed by atoms with Crippen molar-refractivity contribution in [3.8, 4) is 0 Å². The summed E-state index contributed by atoms with van der Waals surface area (Å²) in [6.07, 6.45) is 2.40. The summed E-state index contributed by atoms with van der Waals surface area (Å²) < 4.78 is 27.7. The number of methoxy groups -OCH3 is 1. The number of carbonyl (C=O) groups excluding carboxylic acids is 1. The highest BCUT2D eigenvalue weighted by molar-refractivity contribution is 7.90. The molecule has 0 bridgehead atoms. The molecule has 0 heterocycles. The van der Waals surface area contributed by atoms with E-state index in [1.165, 1.54) is 7.11 Å². The van der Waals surface area contributed by atoms with Crippen molar-refractivity contribution >= 4 is 21.7 Å². The van der Waals surface area contributed by atoms with E-state index in [0.717, 1.165) is 6.26 Å². The van der Waals surface area contributed by atoms with Gasteiger partial charge in [-0.1, -0.05) is 0 Å². The lowest BCUT2D eigenvalue weighted by molar-refractivity contribution is -0.139. The van der Waals surface area contributed by atoms with E-state index < -0.39 is 26.8 Å². The molecule has 1 aliphatic carbocycles. The zero-order chi connectivity index (χ0) is 16.3. The van der Waals surface area contributed by atoms with Crippen LogP contribution in [-0.2, 0) is 24.2 Å². The van der Waals surface area contributed by atoms with E-state index in [0.29, 0.717) is 12.8 Å². The first-order valence-electron chi connectivity index (χ1n) is 6.69. The fourth-order valence-electron chi connectivity index (χ4n) is 2.61. The van der Waals surface area contributed by atoms with Crippen LogP contribution >= 0.6 is 0 Å². The van der Waals surface area contributed by atoms with Crippen molar-refractivity contribution in [1.29, 1.82) is 0 Å². The Morgan fingerprint density at radius 1 is 1.38 bits per heavy atom. The first-order valence-corrected chi connectivity index (χ1v) is 8.75. The lowest BCUT2D eigenvalue weighted by atomic mass is 9.97. The molecule has 0 spiro atoms. The third-order valence-electron chi connectivity index (χ3n) is 3.51. The largest absolute Gasteiger partial charge is 0.481 e. The lowest BCUT2D eigenvalue weighted by Gasteiger charge is -2.29. The Hall–Kier alpha value is -1.15.